The zero-order valence-corrected chi connectivity index (χ0v) is 17.3. The zero-order chi connectivity index (χ0) is 20.1. The van der Waals surface area contributed by atoms with E-state index in [2.05, 4.69) is 10.2 Å². The number of amides is 1. The summed E-state index contributed by atoms with van der Waals surface area (Å²) in [6.45, 7) is 3.21. The number of hydrogen-bond donors (Lipinski definition) is 1. The highest BCUT2D eigenvalue weighted by Gasteiger charge is 2.30. The Morgan fingerprint density at radius 3 is 2.64 bits per heavy atom. The van der Waals surface area contributed by atoms with Crippen LogP contribution in [0.3, 0.4) is 0 Å². The van der Waals surface area contributed by atoms with Crippen molar-refractivity contribution < 1.29 is 14.3 Å². The highest BCUT2D eigenvalue weighted by atomic mass is 35.5. The van der Waals surface area contributed by atoms with Crippen molar-refractivity contribution in [3.05, 3.63) is 58.6 Å². The summed E-state index contributed by atoms with van der Waals surface area (Å²) in [5.74, 6) is 1.63. The van der Waals surface area contributed by atoms with Gasteiger partial charge in [-0.15, -0.1) is 0 Å². The summed E-state index contributed by atoms with van der Waals surface area (Å²) in [5.41, 5.74) is 2.10. The Morgan fingerprint density at radius 1 is 1.21 bits per heavy atom. The van der Waals surface area contributed by atoms with Gasteiger partial charge >= 0.3 is 0 Å². The third-order valence-corrected chi connectivity index (χ3v) is 5.51. The largest absolute Gasteiger partial charge is 0.497 e. The summed E-state index contributed by atoms with van der Waals surface area (Å²) in [5, 5.41) is 3.78. The second-order valence-corrected chi connectivity index (χ2v) is 7.51. The number of carbonyl (C=O) groups excluding carboxylic acids is 1. The minimum absolute atomic E-state index is 0.0104. The first-order valence-corrected chi connectivity index (χ1v) is 9.90. The van der Waals surface area contributed by atoms with E-state index in [4.69, 9.17) is 21.1 Å². The number of benzene rings is 2. The third-order valence-electron chi connectivity index (χ3n) is 5.25. The maximum Gasteiger partial charge on any atom is 0.234 e. The van der Waals surface area contributed by atoms with Crippen molar-refractivity contribution in [1.82, 2.24) is 10.2 Å². The van der Waals surface area contributed by atoms with Crippen molar-refractivity contribution in [2.24, 2.45) is 0 Å². The van der Waals surface area contributed by atoms with Crippen molar-refractivity contribution >= 4 is 17.5 Å². The molecule has 0 unspecified atom stereocenters. The minimum atomic E-state index is -0.0721. The fourth-order valence-corrected chi connectivity index (χ4v) is 3.90. The fourth-order valence-electron chi connectivity index (χ4n) is 3.77. The molecular weight excluding hydrogens is 376 g/mol. The van der Waals surface area contributed by atoms with E-state index in [1.165, 1.54) is 0 Å². The fraction of sp³-hybridized carbons (Fsp3) is 0.409. The van der Waals surface area contributed by atoms with Crippen molar-refractivity contribution in [1.29, 1.82) is 0 Å². The quantitative estimate of drug-likeness (QED) is 0.747. The molecule has 2 aromatic rings. The number of ether oxygens (including phenoxy) is 2. The van der Waals surface area contributed by atoms with Crippen LogP contribution in [0.1, 0.15) is 43.0 Å². The van der Waals surface area contributed by atoms with Crippen LogP contribution >= 0.6 is 11.6 Å². The van der Waals surface area contributed by atoms with Crippen molar-refractivity contribution in [3.8, 4) is 11.5 Å². The van der Waals surface area contributed by atoms with Crippen LogP contribution in [-0.4, -0.2) is 38.1 Å². The molecule has 0 spiro atoms. The summed E-state index contributed by atoms with van der Waals surface area (Å²) < 4.78 is 10.9. The molecular formula is C22H27ClN2O3. The molecule has 28 heavy (non-hydrogen) atoms. The second kappa shape index (κ2) is 9.30. The normalized spacial score (nSPS) is 17.9. The second-order valence-electron chi connectivity index (χ2n) is 7.08. The van der Waals surface area contributed by atoms with Gasteiger partial charge in [-0.3, -0.25) is 9.69 Å². The van der Waals surface area contributed by atoms with Crippen molar-refractivity contribution in [2.45, 2.75) is 31.8 Å². The Balaban J connectivity index is 1.68. The van der Waals surface area contributed by atoms with E-state index in [1.54, 1.807) is 14.2 Å². The summed E-state index contributed by atoms with van der Waals surface area (Å²) in [7, 11) is 3.33. The number of methoxy groups -OCH3 is 2. The molecule has 0 aliphatic carbocycles. The lowest BCUT2D eigenvalue weighted by atomic mass is 10.0. The van der Waals surface area contributed by atoms with Gasteiger partial charge in [-0.05, 0) is 62.2 Å². The Morgan fingerprint density at radius 2 is 1.96 bits per heavy atom. The molecule has 1 fully saturated rings. The van der Waals surface area contributed by atoms with Crippen molar-refractivity contribution in [2.75, 3.05) is 27.3 Å². The summed E-state index contributed by atoms with van der Waals surface area (Å²) >= 11 is 5.94. The average Bonchev–Trinajstić information content (AvgIpc) is 3.15. The number of rotatable bonds is 7. The van der Waals surface area contributed by atoms with E-state index < -0.39 is 0 Å². The van der Waals surface area contributed by atoms with Gasteiger partial charge in [0.15, 0.2) is 0 Å². The molecule has 0 aromatic heterocycles. The van der Waals surface area contributed by atoms with Gasteiger partial charge in [0.1, 0.15) is 11.5 Å². The van der Waals surface area contributed by atoms with Crippen LogP contribution in [-0.2, 0) is 4.79 Å². The van der Waals surface area contributed by atoms with Gasteiger partial charge in [0.25, 0.3) is 0 Å². The Labute approximate surface area is 171 Å². The maximum absolute atomic E-state index is 12.7. The first kappa shape index (κ1) is 20.5. The summed E-state index contributed by atoms with van der Waals surface area (Å²) in [6.07, 6.45) is 2.04. The maximum atomic E-state index is 12.7. The zero-order valence-electron chi connectivity index (χ0n) is 16.6. The molecule has 0 saturated carbocycles. The van der Waals surface area contributed by atoms with E-state index in [1.807, 2.05) is 49.4 Å². The monoisotopic (exact) mass is 402 g/mol. The Bertz CT molecular complexity index is 810. The molecule has 0 bridgehead atoms. The van der Waals surface area contributed by atoms with Crippen molar-refractivity contribution in [3.63, 3.8) is 0 Å². The summed E-state index contributed by atoms with van der Waals surface area (Å²) in [6, 6.07) is 13.4. The van der Waals surface area contributed by atoms with Gasteiger partial charge < -0.3 is 14.8 Å². The molecule has 5 nitrogen and oxygen atoms in total. The van der Waals surface area contributed by atoms with E-state index >= 15 is 0 Å². The molecule has 1 aliphatic heterocycles. The van der Waals surface area contributed by atoms with Gasteiger partial charge in [-0.1, -0.05) is 23.7 Å². The third kappa shape index (κ3) is 4.78. The molecule has 1 heterocycles. The van der Waals surface area contributed by atoms with Gasteiger partial charge in [0.05, 0.1) is 26.8 Å². The molecule has 3 rings (SSSR count). The van der Waals surface area contributed by atoms with Crippen LogP contribution in [0.4, 0.5) is 0 Å². The molecule has 1 amide bonds. The molecule has 1 saturated heterocycles. The first-order valence-electron chi connectivity index (χ1n) is 9.52. The van der Waals surface area contributed by atoms with Crippen LogP contribution in [0.5, 0.6) is 11.5 Å². The van der Waals surface area contributed by atoms with E-state index in [-0.39, 0.29) is 18.0 Å². The van der Waals surface area contributed by atoms with Gasteiger partial charge in [-0.2, -0.15) is 0 Å². The van der Waals surface area contributed by atoms with E-state index in [0.29, 0.717) is 11.6 Å². The van der Waals surface area contributed by atoms with Gasteiger partial charge in [0, 0.05) is 16.6 Å². The Hall–Kier alpha value is -2.24. The topological polar surface area (TPSA) is 50.8 Å². The van der Waals surface area contributed by atoms with Crippen LogP contribution in [0.2, 0.25) is 5.02 Å². The lowest BCUT2D eigenvalue weighted by Gasteiger charge is -2.26. The van der Waals surface area contributed by atoms with E-state index in [0.717, 1.165) is 42.0 Å². The highest BCUT2D eigenvalue weighted by Crippen LogP contribution is 2.38. The first-order chi connectivity index (χ1) is 13.5. The number of likely N-dealkylation sites (tertiary alicyclic amines) is 1. The van der Waals surface area contributed by atoms with Crippen LogP contribution < -0.4 is 14.8 Å². The standard InChI is InChI=1S/C22H27ClN2O3/c1-15(16-6-8-17(23)9-7-16)24-22(26)14-25-12-4-5-20(25)19-13-18(27-2)10-11-21(19)28-3/h6-11,13,15,20H,4-5,12,14H2,1-3H3,(H,24,26)/t15-,20+/m0/s1. The van der Waals surface area contributed by atoms with Gasteiger partial charge in [0.2, 0.25) is 5.91 Å². The molecule has 150 valence electrons. The molecule has 2 aromatic carbocycles. The highest BCUT2D eigenvalue weighted by molar-refractivity contribution is 6.30. The number of halogens is 1. The number of nitrogens with one attached hydrogen (secondary N) is 1. The molecule has 6 heteroatoms. The average molecular weight is 403 g/mol. The number of hydrogen-bond acceptors (Lipinski definition) is 4. The number of carbonyl (C=O) groups is 1. The SMILES string of the molecule is COc1ccc(OC)c([C@H]2CCCN2CC(=O)N[C@@H](C)c2ccc(Cl)cc2)c1. The summed E-state index contributed by atoms with van der Waals surface area (Å²) in [4.78, 5) is 14.9. The molecule has 1 N–H and O–H groups in total. The van der Waals surface area contributed by atoms with Crippen LogP contribution in [0, 0.1) is 0 Å². The predicted molar refractivity (Wildman–Crippen MR) is 111 cm³/mol. The minimum Gasteiger partial charge on any atom is -0.497 e. The van der Waals surface area contributed by atoms with Crippen LogP contribution in [0.25, 0.3) is 0 Å². The number of nitrogens with zero attached hydrogens (tertiary/aromatic N) is 1. The smallest absolute Gasteiger partial charge is 0.234 e. The van der Waals surface area contributed by atoms with Crippen LogP contribution in [0.15, 0.2) is 42.5 Å². The predicted octanol–water partition coefficient (Wildman–Crippen LogP) is 4.37. The molecule has 2 atom stereocenters. The Kier molecular flexibility index (Phi) is 6.81. The lowest BCUT2D eigenvalue weighted by Crippen LogP contribution is -2.38. The van der Waals surface area contributed by atoms with E-state index in [9.17, 15) is 4.79 Å². The lowest BCUT2D eigenvalue weighted by molar-refractivity contribution is -0.123. The molecule has 1 aliphatic rings. The van der Waals surface area contributed by atoms with Gasteiger partial charge in [-0.25, -0.2) is 0 Å². The molecule has 0 radical (unpaired) electrons.